The first-order valence-electron chi connectivity index (χ1n) is 9.68. The zero-order chi connectivity index (χ0) is 22.8. The fraction of sp³-hybridized carbons (Fsp3) is 0.125. The second kappa shape index (κ2) is 8.43. The number of hydrogen-bond acceptors (Lipinski definition) is 6. The van der Waals surface area contributed by atoms with Crippen LogP contribution in [0.15, 0.2) is 60.7 Å². The molecule has 0 atom stereocenters. The highest BCUT2D eigenvalue weighted by Gasteiger charge is 2.38. The Balaban J connectivity index is 1.70. The highest BCUT2D eigenvalue weighted by atomic mass is 16.5. The van der Waals surface area contributed by atoms with E-state index in [1.807, 2.05) is 0 Å². The Morgan fingerprint density at radius 2 is 1.47 bits per heavy atom. The Hall–Kier alpha value is -4.33. The number of amides is 3. The van der Waals surface area contributed by atoms with Crippen molar-refractivity contribution in [3.05, 3.63) is 77.4 Å². The molecule has 0 aromatic heterocycles. The van der Waals surface area contributed by atoms with Crippen LogP contribution in [-0.4, -0.2) is 39.1 Å². The average molecular weight is 432 g/mol. The number of carbonyl (C=O) groups is 3. The second-order valence-corrected chi connectivity index (χ2v) is 6.88. The van der Waals surface area contributed by atoms with Crippen LogP contribution in [0.5, 0.6) is 17.2 Å². The van der Waals surface area contributed by atoms with Crippen LogP contribution in [0.1, 0.15) is 31.1 Å². The number of ether oxygens (including phenoxy) is 3. The average Bonchev–Trinajstić information content (AvgIpc) is 3.09. The third-order valence-electron chi connectivity index (χ3n) is 5.10. The molecule has 1 N–H and O–H groups in total. The number of anilines is 2. The molecule has 3 aromatic rings. The molecule has 0 radical (unpaired) electrons. The summed E-state index contributed by atoms with van der Waals surface area (Å²) < 4.78 is 15.9. The number of imide groups is 1. The monoisotopic (exact) mass is 432 g/mol. The van der Waals surface area contributed by atoms with Crippen LogP contribution in [-0.2, 0) is 0 Å². The Kier molecular flexibility index (Phi) is 5.51. The van der Waals surface area contributed by atoms with Gasteiger partial charge < -0.3 is 19.5 Å². The van der Waals surface area contributed by atoms with Crippen LogP contribution < -0.4 is 24.4 Å². The van der Waals surface area contributed by atoms with Gasteiger partial charge in [0.15, 0.2) is 11.5 Å². The topological polar surface area (TPSA) is 94.2 Å². The largest absolute Gasteiger partial charge is 0.493 e. The van der Waals surface area contributed by atoms with Gasteiger partial charge in [0, 0.05) is 5.56 Å². The number of methoxy groups -OCH3 is 3. The predicted octanol–water partition coefficient (Wildman–Crippen LogP) is 3.77. The lowest BCUT2D eigenvalue weighted by Crippen LogP contribution is -2.29. The summed E-state index contributed by atoms with van der Waals surface area (Å²) in [6.45, 7) is 0. The summed E-state index contributed by atoms with van der Waals surface area (Å²) >= 11 is 0. The van der Waals surface area contributed by atoms with Crippen LogP contribution >= 0.6 is 0 Å². The summed E-state index contributed by atoms with van der Waals surface area (Å²) in [6, 6.07) is 16.4. The first kappa shape index (κ1) is 20.9. The van der Waals surface area contributed by atoms with Gasteiger partial charge in [-0.15, -0.1) is 0 Å². The smallest absolute Gasteiger partial charge is 0.268 e. The van der Waals surface area contributed by atoms with Crippen molar-refractivity contribution >= 4 is 29.1 Å². The van der Waals surface area contributed by atoms with Gasteiger partial charge in [0.1, 0.15) is 0 Å². The molecule has 1 aliphatic heterocycles. The molecule has 4 rings (SSSR count). The Bertz CT molecular complexity index is 1200. The highest BCUT2D eigenvalue weighted by molar-refractivity contribution is 6.36. The number of benzene rings is 3. The minimum absolute atomic E-state index is 0.141. The lowest BCUT2D eigenvalue weighted by Gasteiger charge is -2.15. The Labute approximate surface area is 184 Å². The van der Waals surface area contributed by atoms with Crippen LogP contribution in [0, 0.1) is 0 Å². The molecule has 0 saturated heterocycles. The van der Waals surface area contributed by atoms with E-state index in [0.29, 0.717) is 22.9 Å². The molecule has 0 aliphatic carbocycles. The number of nitrogens with one attached hydrogen (secondary N) is 1. The Morgan fingerprint density at radius 1 is 0.812 bits per heavy atom. The molecule has 0 spiro atoms. The fourth-order valence-corrected chi connectivity index (χ4v) is 3.61. The van der Waals surface area contributed by atoms with Crippen molar-refractivity contribution in [2.45, 2.75) is 0 Å². The predicted molar refractivity (Wildman–Crippen MR) is 118 cm³/mol. The van der Waals surface area contributed by atoms with Gasteiger partial charge in [-0.3, -0.25) is 14.4 Å². The molecule has 1 heterocycles. The number of carbonyl (C=O) groups excluding carboxylic acids is 3. The second-order valence-electron chi connectivity index (χ2n) is 6.88. The lowest BCUT2D eigenvalue weighted by atomic mass is 10.1. The van der Waals surface area contributed by atoms with Gasteiger partial charge in [0.2, 0.25) is 5.75 Å². The highest BCUT2D eigenvalue weighted by Crippen LogP contribution is 2.39. The minimum atomic E-state index is -0.504. The van der Waals surface area contributed by atoms with Gasteiger partial charge in [-0.25, -0.2) is 4.90 Å². The van der Waals surface area contributed by atoms with Crippen LogP contribution in [0.25, 0.3) is 0 Å². The third-order valence-corrected chi connectivity index (χ3v) is 5.10. The van der Waals surface area contributed by atoms with E-state index in [1.165, 1.54) is 33.5 Å². The number of para-hydroxylation sites is 1. The van der Waals surface area contributed by atoms with Crippen LogP contribution in [0.4, 0.5) is 11.4 Å². The van der Waals surface area contributed by atoms with Crippen molar-refractivity contribution in [3.63, 3.8) is 0 Å². The van der Waals surface area contributed by atoms with E-state index in [-0.39, 0.29) is 22.4 Å². The molecule has 3 aromatic carbocycles. The fourth-order valence-electron chi connectivity index (χ4n) is 3.61. The molecule has 0 unspecified atom stereocenters. The molecule has 0 fully saturated rings. The number of hydrogen-bond donors (Lipinski definition) is 1. The molecule has 32 heavy (non-hydrogen) atoms. The maximum Gasteiger partial charge on any atom is 0.268 e. The summed E-state index contributed by atoms with van der Waals surface area (Å²) in [5, 5.41) is 2.73. The standard InChI is InChI=1S/C24H20N2O6/c1-30-18-12-14(13-19(31-2)21(18)32-3)22(27)25-17-11-7-10-16-20(17)24(29)26(23(16)28)15-8-5-4-6-9-15/h4-13H,1-3H3,(H,25,27). The number of rotatable bonds is 6. The molecule has 0 bridgehead atoms. The molecule has 162 valence electrons. The summed E-state index contributed by atoms with van der Waals surface area (Å²) in [5.41, 5.74) is 1.29. The summed E-state index contributed by atoms with van der Waals surface area (Å²) in [5.74, 6) is -0.465. The first-order valence-corrected chi connectivity index (χ1v) is 9.68. The summed E-state index contributed by atoms with van der Waals surface area (Å²) in [4.78, 5) is 40.1. The Morgan fingerprint density at radius 3 is 2.06 bits per heavy atom. The van der Waals surface area contributed by atoms with Gasteiger partial charge in [-0.05, 0) is 36.4 Å². The van der Waals surface area contributed by atoms with E-state index >= 15 is 0 Å². The quantitative estimate of drug-likeness (QED) is 0.596. The van der Waals surface area contributed by atoms with E-state index in [0.717, 1.165) is 4.90 Å². The van der Waals surface area contributed by atoms with Gasteiger partial charge in [-0.2, -0.15) is 0 Å². The summed E-state index contributed by atoms with van der Waals surface area (Å²) in [7, 11) is 4.37. The number of fused-ring (bicyclic) bond motifs is 1. The van der Waals surface area contributed by atoms with Crippen molar-refractivity contribution in [2.24, 2.45) is 0 Å². The van der Waals surface area contributed by atoms with E-state index in [4.69, 9.17) is 14.2 Å². The number of nitrogens with zero attached hydrogens (tertiary/aromatic N) is 1. The van der Waals surface area contributed by atoms with E-state index in [2.05, 4.69) is 5.32 Å². The molecule has 3 amide bonds. The molecule has 1 aliphatic rings. The molecule has 8 heteroatoms. The van der Waals surface area contributed by atoms with Gasteiger partial charge in [-0.1, -0.05) is 24.3 Å². The van der Waals surface area contributed by atoms with Crippen LogP contribution in [0.2, 0.25) is 0 Å². The zero-order valence-electron chi connectivity index (χ0n) is 17.7. The van der Waals surface area contributed by atoms with E-state index in [1.54, 1.807) is 48.5 Å². The first-order chi connectivity index (χ1) is 15.5. The van der Waals surface area contributed by atoms with Crippen molar-refractivity contribution in [3.8, 4) is 17.2 Å². The van der Waals surface area contributed by atoms with Crippen LogP contribution in [0.3, 0.4) is 0 Å². The van der Waals surface area contributed by atoms with Crippen molar-refractivity contribution in [2.75, 3.05) is 31.5 Å². The minimum Gasteiger partial charge on any atom is -0.493 e. The van der Waals surface area contributed by atoms with Crippen molar-refractivity contribution < 1.29 is 28.6 Å². The third kappa shape index (κ3) is 3.41. The summed E-state index contributed by atoms with van der Waals surface area (Å²) in [6.07, 6.45) is 0. The van der Waals surface area contributed by atoms with Gasteiger partial charge in [0.25, 0.3) is 17.7 Å². The lowest BCUT2D eigenvalue weighted by molar-refractivity contribution is 0.0926. The van der Waals surface area contributed by atoms with E-state index in [9.17, 15) is 14.4 Å². The maximum absolute atomic E-state index is 13.1. The van der Waals surface area contributed by atoms with Gasteiger partial charge in [0.05, 0.1) is 43.8 Å². The molecular formula is C24H20N2O6. The maximum atomic E-state index is 13.1. The molecule has 0 saturated carbocycles. The normalized spacial score (nSPS) is 12.4. The van der Waals surface area contributed by atoms with E-state index < -0.39 is 17.7 Å². The van der Waals surface area contributed by atoms with Crippen molar-refractivity contribution in [1.82, 2.24) is 0 Å². The molecular weight excluding hydrogens is 412 g/mol. The zero-order valence-corrected chi connectivity index (χ0v) is 17.7. The van der Waals surface area contributed by atoms with Crippen molar-refractivity contribution in [1.29, 1.82) is 0 Å². The SMILES string of the molecule is COc1cc(C(=O)Nc2cccc3c2C(=O)N(c2ccccc2)C3=O)cc(OC)c1OC. The van der Waals surface area contributed by atoms with Gasteiger partial charge >= 0.3 is 0 Å². The molecule has 8 nitrogen and oxygen atoms in total.